The molecular weight excluding hydrogens is 396 g/mol. The van der Waals surface area contributed by atoms with Crippen molar-refractivity contribution < 1.29 is 27.9 Å². The molecule has 0 saturated heterocycles. The van der Waals surface area contributed by atoms with Gasteiger partial charge in [0.15, 0.2) is 0 Å². The van der Waals surface area contributed by atoms with Gasteiger partial charge in [0.25, 0.3) is 10.0 Å². The van der Waals surface area contributed by atoms with Crippen LogP contribution in [0.5, 0.6) is 0 Å². The van der Waals surface area contributed by atoms with Crippen LogP contribution in [-0.4, -0.2) is 37.2 Å². The summed E-state index contributed by atoms with van der Waals surface area (Å²) in [7, 11) is -3.71. The summed E-state index contributed by atoms with van der Waals surface area (Å²) in [6.45, 7) is 5.03. The van der Waals surface area contributed by atoms with E-state index in [0.717, 1.165) is 0 Å². The van der Waals surface area contributed by atoms with Gasteiger partial charge in [0.2, 0.25) is 0 Å². The number of carbonyl (C=O) groups excluding carboxylic acids is 1. The average Bonchev–Trinajstić information content (AvgIpc) is 2.61. The lowest BCUT2D eigenvalue weighted by molar-refractivity contribution is -0.139. The molecule has 0 aliphatic rings. The van der Waals surface area contributed by atoms with E-state index in [2.05, 4.69) is 10.0 Å². The van der Waals surface area contributed by atoms with Gasteiger partial charge in [0.1, 0.15) is 11.6 Å². The minimum atomic E-state index is -3.71. The predicted octanol–water partition coefficient (Wildman–Crippen LogP) is 3.01. The Morgan fingerprint density at radius 3 is 2.14 bits per heavy atom. The van der Waals surface area contributed by atoms with Crippen molar-refractivity contribution in [2.45, 2.75) is 43.7 Å². The molecule has 0 radical (unpaired) electrons. The zero-order valence-electron chi connectivity index (χ0n) is 16.4. The van der Waals surface area contributed by atoms with Crippen LogP contribution in [0.15, 0.2) is 59.5 Å². The molecule has 8 nitrogen and oxygen atoms in total. The Balaban J connectivity index is 2.05. The molecule has 1 atom stereocenters. The van der Waals surface area contributed by atoms with Crippen LogP contribution in [0.3, 0.4) is 0 Å². The van der Waals surface area contributed by atoms with E-state index in [9.17, 15) is 23.1 Å². The molecule has 0 bridgehead atoms. The molecule has 0 heterocycles. The monoisotopic (exact) mass is 420 g/mol. The van der Waals surface area contributed by atoms with Crippen LogP contribution in [-0.2, 0) is 26.0 Å². The fourth-order valence-corrected chi connectivity index (χ4v) is 3.49. The Hall–Kier alpha value is -3.07. The SMILES string of the molecule is CC(C)(C)OC(=O)N[C@@H](Cc1ccc(NS(=O)(=O)c2ccccc2)cc1)C(=O)O. The minimum absolute atomic E-state index is 0.0142. The molecule has 2 aromatic carbocycles. The summed E-state index contributed by atoms with van der Waals surface area (Å²) in [6, 6.07) is 13.0. The number of alkyl carbamates (subject to hydrolysis) is 1. The number of sulfonamides is 1. The van der Waals surface area contributed by atoms with Gasteiger partial charge in [0, 0.05) is 12.1 Å². The third-order valence-electron chi connectivity index (χ3n) is 3.69. The molecule has 9 heteroatoms. The maximum atomic E-state index is 12.3. The number of hydrogen-bond donors (Lipinski definition) is 3. The lowest BCUT2D eigenvalue weighted by Gasteiger charge is -2.22. The van der Waals surface area contributed by atoms with Crippen molar-refractivity contribution in [1.29, 1.82) is 0 Å². The number of ether oxygens (including phenoxy) is 1. The van der Waals surface area contributed by atoms with Gasteiger partial charge in [-0.15, -0.1) is 0 Å². The van der Waals surface area contributed by atoms with Gasteiger partial charge in [0.05, 0.1) is 4.90 Å². The van der Waals surface area contributed by atoms with Crippen molar-refractivity contribution in [3.8, 4) is 0 Å². The Morgan fingerprint density at radius 2 is 1.62 bits per heavy atom. The molecule has 0 aliphatic carbocycles. The third kappa shape index (κ3) is 7.11. The molecule has 0 aromatic heterocycles. The molecule has 2 rings (SSSR count). The summed E-state index contributed by atoms with van der Waals surface area (Å²) in [4.78, 5) is 23.4. The molecule has 156 valence electrons. The van der Waals surface area contributed by atoms with E-state index in [1.54, 1.807) is 51.1 Å². The van der Waals surface area contributed by atoms with E-state index in [-0.39, 0.29) is 11.3 Å². The number of anilines is 1. The third-order valence-corrected chi connectivity index (χ3v) is 5.09. The number of benzene rings is 2. The second-order valence-corrected chi connectivity index (χ2v) is 9.04. The van der Waals surface area contributed by atoms with Crippen molar-refractivity contribution in [2.75, 3.05) is 4.72 Å². The number of rotatable bonds is 7. The molecule has 0 saturated carbocycles. The van der Waals surface area contributed by atoms with Crippen LogP contribution in [0, 0.1) is 0 Å². The maximum Gasteiger partial charge on any atom is 0.408 e. The topological polar surface area (TPSA) is 122 Å². The van der Waals surface area contributed by atoms with Crippen molar-refractivity contribution >= 4 is 27.8 Å². The standard InChI is InChI=1S/C20H24N2O6S/c1-20(2,3)28-19(25)21-17(18(23)24)13-14-9-11-15(12-10-14)22-29(26,27)16-7-5-4-6-8-16/h4-12,17,22H,13H2,1-3H3,(H,21,25)(H,23,24)/t17-/m0/s1. The van der Waals surface area contributed by atoms with Crippen LogP contribution < -0.4 is 10.0 Å². The fraction of sp³-hybridized carbons (Fsp3) is 0.300. The Morgan fingerprint density at radius 1 is 1.03 bits per heavy atom. The Kier molecular flexibility index (Phi) is 6.86. The lowest BCUT2D eigenvalue weighted by Crippen LogP contribution is -2.44. The molecule has 1 amide bonds. The quantitative estimate of drug-likeness (QED) is 0.633. The van der Waals surface area contributed by atoms with Crippen LogP contribution in [0.4, 0.5) is 10.5 Å². The van der Waals surface area contributed by atoms with Crippen molar-refractivity contribution in [2.24, 2.45) is 0 Å². The lowest BCUT2D eigenvalue weighted by atomic mass is 10.1. The number of carbonyl (C=O) groups is 2. The van der Waals surface area contributed by atoms with E-state index < -0.39 is 33.7 Å². The summed E-state index contributed by atoms with van der Waals surface area (Å²) in [6.07, 6.45) is -0.808. The van der Waals surface area contributed by atoms with E-state index in [4.69, 9.17) is 4.74 Å². The van der Waals surface area contributed by atoms with Gasteiger partial charge in [-0.3, -0.25) is 4.72 Å². The second kappa shape index (κ2) is 8.95. The Labute approximate surface area is 169 Å². The number of hydrogen-bond acceptors (Lipinski definition) is 5. The van der Waals surface area contributed by atoms with E-state index >= 15 is 0 Å². The number of carboxylic acid groups (broad SMARTS) is 1. The van der Waals surface area contributed by atoms with Crippen molar-refractivity contribution in [1.82, 2.24) is 5.32 Å². The number of nitrogens with one attached hydrogen (secondary N) is 2. The zero-order chi connectivity index (χ0) is 21.7. The molecule has 2 aromatic rings. The maximum absolute atomic E-state index is 12.3. The highest BCUT2D eigenvalue weighted by Gasteiger charge is 2.24. The predicted molar refractivity (Wildman–Crippen MR) is 108 cm³/mol. The smallest absolute Gasteiger partial charge is 0.408 e. The summed E-state index contributed by atoms with van der Waals surface area (Å²) in [5.41, 5.74) is 0.200. The first-order valence-electron chi connectivity index (χ1n) is 8.85. The first-order chi connectivity index (χ1) is 13.5. The van der Waals surface area contributed by atoms with E-state index in [1.807, 2.05) is 0 Å². The second-order valence-electron chi connectivity index (χ2n) is 7.36. The first-order valence-corrected chi connectivity index (χ1v) is 10.3. The highest BCUT2D eigenvalue weighted by molar-refractivity contribution is 7.92. The Bertz CT molecular complexity index is 951. The van der Waals surface area contributed by atoms with Gasteiger partial charge < -0.3 is 15.2 Å². The zero-order valence-corrected chi connectivity index (χ0v) is 17.2. The summed E-state index contributed by atoms with van der Waals surface area (Å²) in [5, 5.41) is 11.7. The van der Waals surface area contributed by atoms with Gasteiger partial charge in [-0.05, 0) is 50.6 Å². The van der Waals surface area contributed by atoms with Gasteiger partial charge in [-0.25, -0.2) is 18.0 Å². The van der Waals surface area contributed by atoms with Crippen molar-refractivity contribution in [3.63, 3.8) is 0 Å². The normalized spacial score (nSPS) is 12.7. The van der Waals surface area contributed by atoms with Gasteiger partial charge in [-0.1, -0.05) is 30.3 Å². The molecule has 0 fully saturated rings. The van der Waals surface area contributed by atoms with Crippen molar-refractivity contribution in [3.05, 3.63) is 60.2 Å². The van der Waals surface area contributed by atoms with E-state index in [1.165, 1.54) is 24.3 Å². The number of amides is 1. The molecular formula is C20H24N2O6S. The van der Waals surface area contributed by atoms with Crippen LogP contribution >= 0.6 is 0 Å². The van der Waals surface area contributed by atoms with Gasteiger partial charge in [-0.2, -0.15) is 0 Å². The molecule has 0 aliphatic heterocycles. The highest BCUT2D eigenvalue weighted by atomic mass is 32.2. The summed E-state index contributed by atoms with van der Waals surface area (Å²) >= 11 is 0. The summed E-state index contributed by atoms with van der Waals surface area (Å²) < 4.78 is 32.2. The van der Waals surface area contributed by atoms with E-state index in [0.29, 0.717) is 11.3 Å². The molecule has 29 heavy (non-hydrogen) atoms. The number of aliphatic carboxylic acids is 1. The molecule has 3 N–H and O–H groups in total. The summed E-state index contributed by atoms with van der Waals surface area (Å²) in [5.74, 6) is -1.20. The largest absolute Gasteiger partial charge is 0.480 e. The molecule has 0 spiro atoms. The average molecular weight is 420 g/mol. The number of carboxylic acids is 1. The fourth-order valence-electron chi connectivity index (χ4n) is 2.41. The van der Waals surface area contributed by atoms with Crippen LogP contribution in [0.25, 0.3) is 0 Å². The molecule has 0 unspecified atom stereocenters. The first kappa shape index (κ1) is 22.2. The van der Waals surface area contributed by atoms with Crippen LogP contribution in [0.1, 0.15) is 26.3 Å². The minimum Gasteiger partial charge on any atom is -0.480 e. The van der Waals surface area contributed by atoms with Gasteiger partial charge >= 0.3 is 12.1 Å². The highest BCUT2D eigenvalue weighted by Crippen LogP contribution is 2.17. The van der Waals surface area contributed by atoms with Crippen LogP contribution in [0.2, 0.25) is 0 Å².